The summed E-state index contributed by atoms with van der Waals surface area (Å²) in [4.78, 5) is 15.2. The predicted octanol–water partition coefficient (Wildman–Crippen LogP) is 5.27. The minimum absolute atomic E-state index is 0.0509. The number of nitrogens with zero attached hydrogens (tertiary/aromatic N) is 1. The maximum Gasteiger partial charge on any atom is 0.294 e. The molecule has 0 N–H and O–H groups in total. The van der Waals surface area contributed by atoms with Crippen LogP contribution in [0.15, 0.2) is 59.0 Å². The second-order valence-corrected chi connectivity index (χ2v) is 8.30. The van der Waals surface area contributed by atoms with Gasteiger partial charge in [-0.15, -0.1) is 0 Å². The van der Waals surface area contributed by atoms with Gasteiger partial charge >= 0.3 is 0 Å². The van der Waals surface area contributed by atoms with E-state index in [0.29, 0.717) is 12.3 Å². The van der Waals surface area contributed by atoms with Gasteiger partial charge in [-0.3, -0.25) is 4.79 Å². The smallest absolute Gasteiger partial charge is 0.294 e. The number of hydrogen-bond donors (Lipinski definition) is 0. The van der Waals surface area contributed by atoms with Crippen molar-refractivity contribution in [2.24, 2.45) is 0 Å². The Morgan fingerprint density at radius 1 is 0.966 bits per heavy atom. The molecule has 0 unspecified atom stereocenters. The third kappa shape index (κ3) is 3.08. The van der Waals surface area contributed by atoms with Crippen molar-refractivity contribution in [1.29, 1.82) is 0 Å². The molecule has 1 saturated heterocycles. The third-order valence-corrected chi connectivity index (χ3v) is 6.32. The maximum atomic E-state index is 13.2. The lowest BCUT2D eigenvalue weighted by molar-refractivity contribution is 0.0546. The van der Waals surface area contributed by atoms with Crippen LogP contribution in [-0.2, 0) is 10.2 Å². The molecule has 29 heavy (non-hydrogen) atoms. The van der Waals surface area contributed by atoms with Crippen LogP contribution in [-0.4, -0.2) is 25.7 Å². The summed E-state index contributed by atoms with van der Waals surface area (Å²) < 4.78 is 11.3. The first-order valence-electron chi connectivity index (χ1n) is 10.2. The van der Waals surface area contributed by atoms with Crippen LogP contribution in [0.3, 0.4) is 0 Å². The molecule has 1 aromatic heterocycles. The summed E-state index contributed by atoms with van der Waals surface area (Å²) in [5.74, 6) is 1.09. The molecule has 0 bridgehead atoms. The Bertz CT molecular complexity index is 1080. The van der Waals surface area contributed by atoms with Gasteiger partial charge in [0.05, 0.1) is 0 Å². The van der Waals surface area contributed by atoms with Crippen LogP contribution in [0, 0.1) is 13.8 Å². The van der Waals surface area contributed by atoms with E-state index in [1.54, 1.807) is 6.07 Å². The molecule has 1 fully saturated rings. The van der Waals surface area contributed by atoms with Crippen molar-refractivity contribution in [3.05, 3.63) is 77.2 Å². The average Bonchev–Trinajstić information content (AvgIpc) is 3.30. The number of aryl methyl sites for hydroxylation is 2. The molecule has 2 aliphatic heterocycles. The molecule has 0 radical (unpaired) electrons. The molecule has 1 spiro atoms. The van der Waals surface area contributed by atoms with E-state index in [1.165, 1.54) is 22.3 Å². The topological polar surface area (TPSA) is 42.7 Å². The van der Waals surface area contributed by atoms with Crippen molar-refractivity contribution in [3.63, 3.8) is 0 Å². The van der Waals surface area contributed by atoms with Gasteiger partial charge in [-0.25, -0.2) is 0 Å². The largest absolute Gasteiger partial charge is 0.456 e. The Labute approximate surface area is 171 Å². The van der Waals surface area contributed by atoms with Crippen LogP contribution in [0.2, 0.25) is 0 Å². The number of rotatable bonds is 2. The van der Waals surface area contributed by atoms with Crippen LogP contribution in [0.1, 0.15) is 40.3 Å². The van der Waals surface area contributed by atoms with E-state index in [9.17, 15) is 4.79 Å². The van der Waals surface area contributed by atoms with E-state index in [1.807, 2.05) is 17.9 Å². The lowest BCUT2D eigenvalue weighted by atomic mass is 9.75. The summed E-state index contributed by atoms with van der Waals surface area (Å²) in [5.41, 5.74) is 5.86. The minimum atomic E-state index is -0.0639. The van der Waals surface area contributed by atoms with E-state index in [4.69, 9.17) is 9.15 Å². The zero-order valence-electron chi connectivity index (χ0n) is 16.9. The molecule has 3 aromatic rings. The van der Waals surface area contributed by atoms with Gasteiger partial charge in [-0.05, 0) is 67.6 Å². The monoisotopic (exact) mass is 387 g/mol. The van der Waals surface area contributed by atoms with Crippen LogP contribution < -0.4 is 4.90 Å². The Morgan fingerprint density at radius 2 is 1.76 bits per heavy atom. The Balaban J connectivity index is 1.60. The summed E-state index contributed by atoms with van der Waals surface area (Å²) in [7, 11) is 0. The zero-order valence-corrected chi connectivity index (χ0v) is 16.9. The first-order chi connectivity index (χ1) is 14.1. The number of carbonyl (C=O) groups excluding carboxylic acids is 1. The first kappa shape index (κ1) is 18.2. The molecular formula is C25H25NO3. The fourth-order valence-electron chi connectivity index (χ4n) is 4.73. The van der Waals surface area contributed by atoms with E-state index in [-0.39, 0.29) is 11.3 Å². The van der Waals surface area contributed by atoms with Crippen molar-refractivity contribution in [3.8, 4) is 11.1 Å². The summed E-state index contributed by atoms with van der Waals surface area (Å²) in [6.07, 6.45) is 1.86. The van der Waals surface area contributed by atoms with Gasteiger partial charge in [0.1, 0.15) is 5.76 Å². The SMILES string of the molecule is Cc1cccc(-c2ccc3c(c2)C2(CCOCC2)CN3C(=O)c2ccc(C)o2)c1. The Kier molecular flexibility index (Phi) is 4.32. The van der Waals surface area contributed by atoms with Gasteiger partial charge in [0.2, 0.25) is 0 Å². The summed E-state index contributed by atoms with van der Waals surface area (Å²) in [5, 5.41) is 0. The minimum Gasteiger partial charge on any atom is -0.456 e. The van der Waals surface area contributed by atoms with E-state index >= 15 is 0 Å². The number of fused-ring (bicyclic) bond motifs is 2. The van der Waals surface area contributed by atoms with Gasteiger partial charge < -0.3 is 14.1 Å². The standard InChI is InChI=1S/C25H25NO3/c1-17-4-3-5-19(14-17)20-7-8-22-21(15-20)25(10-12-28-13-11-25)16-26(22)24(27)23-9-6-18(2)29-23/h3-9,14-15H,10-13,16H2,1-2H3. The number of benzene rings is 2. The highest BCUT2D eigenvalue weighted by molar-refractivity contribution is 6.06. The zero-order chi connectivity index (χ0) is 20.0. The summed E-state index contributed by atoms with van der Waals surface area (Å²) in [6.45, 7) is 6.12. The molecule has 0 atom stereocenters. The van der Waals surface area contributed by atoms with Crippen molar-refractivity contribution in [2.45, 2.75) is 32.1 Å². The number of furan rings is 1. The number of hydrogen-bond acceptors (Lipinski definition) is 3. The van der Waals surface area contributed by atoms with Crippen LogP contribution >= 0.6 is 0 Å². The highest BCUT2D eigenvalue weighted by Crippen LogP contribution is 2.48. The van der Waals surface area contributed by atoms with Crippen molar-refractivity contribution >= 4 is 11.6 Å². The molecule has 0 saturated carbocycles. The van der Waals surface area contributed by atoms with Gasteiger partial charge in [-0.2, -0.15) is 0 Å². The van der Waals surface area contributed by atoms with Gasteiger partial charge in [0, 0.05) is 30.9 Å². The Hall–Kier alpha value is -2.85. The lowest BCUT2D eigenvalue weighted by Gasteiger charge is -2.34. The number of carbonyl (C=O) groups is 1. The highest BCUT2D eigenvalue weighted by atomic mass is 16.5. The average molecular weight is 387 g/mol. The summed E-state index contributed by atoms with van der Waals surface area (Å²) in [6, 6.07) is 18.7. The van der Waals surface area contributed by atoms with Crippen molar-refractivity contribution < 1.29 is 13.9 Å². The third-order valence-electron chi connectivity index (χ3n) is 6.32. The van der Waals surface area contributed by atoms with Crippen LogP contribution in [0.5, 0.6) is 0 Å². The molecule has 148 valence electrons. The predicted molar refractivity (Wildman–Crippen MR) is 113 cm³/mol. The van der Waals surface area contributed by atoms with E-state index in [0.717, 1.165) is 37.5 Å². The fourth-order valence-corrected chi connectivity index (χ4v) is 4.73. The molecule has 2 aromatic carbocycles. The van der Waals surface area contributed by atoms with Crippen LogP contribution in [0.4, 0.5) is 5.69 Å². The van der Waals surface area contributed by atoms with Gasteiger partial charge in [0.15, 0.2) is 5.76 Å². The molecular weight excluding hydrogens is 362 g/mol. The van der Waals surface area contributed by atoms with Gasteiger partial charge in [0.25, 0.3) is 5.91 Å². The van der Waals surface area contributed by atoms with Crippen molar-refractivity contribution in [1.82, 2.24) is 0 Å². The number of ether oxygens (including phenoxy) is 1. The highest BCUT2D eigenvalue weighted by Gasteiger charge is 2.46. The first-order valence-corrected chi connectivity index (χ1v) is 10.2. The molecule has 2 aliphatic rings. The maximum absolute atomic E-state index is 13.2. The molecule has 1 amide bonds. The van der Waals surface area contributed by atoms with Crippen LogP contribution in [0.25, 0.3) is 11.1 Å². The summed E-state index contributed by atoms with van der Waals surface area (Å²) >= 11 is 0. The van der Waals surface area contributed by atoms with Gasteiger partial charge in [-0.1, -0.05) is 35.9 Å². The lowest BCUT2D eigenvalue weighted by Crippen LogP contribution is -2.40. The molecule has 4 heteroatoms. The number of anilines is 1. The molecule has 3 heterocycles. The van der Waals surface area contributed by atoms with E-state index < -0.39 is 0 Å². The molecule has 5 rings (SSSR count). The van der Waals surface area contributed by atoms with E-state index in [2.05, 4.69) is 49.4 Å². The fraction of sp³-hybridized carbons (Fsp3) is 0.320. The normalized spacial score (nSPS) is 17.5. The molecule has 4 nitrogen and oxygen atoms in total. The second-order valence-electron chi connectivity index (χ2n) is 8.30. The Morgan fingerprint density at radius 3 is 2.48 bits per heavy atom. The quantitative estimate of drug-likeness (QED) is 0.601. The second kappa shape index (κ2) is 6.89. The number of amides is 1. The molecule has 0 aliphatic carbocycles. The van der Waals surface area contributed by atoms with Crippen molar-refractivity contribution in [2.75, 3.05) is 24.7 Å².